The van der Waals surface area contributed by atoms with E-state index in [-0.39, 0.29) is 0 Å². The third kappa shape index (κ3) is 4.08. The van der Waals surface area contributed by atoms with Gasteiger partial charge in [0.15, 0.2) is 0 Å². The zero-order chi connectivity index (χ0) is 12.8. The van der Waals surface area contributed by atoms with Gasteiger partial charge in [0.2, 0.25) is 0 Å². The Labute approximate surface area is 115 Å². The molecule has 0 bridgehead atoms. The largest absolute Gasteiger partial charge is 0.312 e. The van der Waals surface area contributed by atoms with Gasteiger partial charge in [-0.1, -0.05) is 31.7 Å². The summed E-state index contributed by atoms with van der Waals surface area (Å²) in [5.74, 6) is 0. The predicted octanol–water partition coefficient (Wildman–Crippen LogP) is 3.66. The highest BCUT2D eigenvalue weighted by molar-refractivity contribution is 7.10. The van der Waals surface area contributed by atoms with Crippen LogP contribution in [-0.4, -0.2) is 31.6 Å². The summed E-state index contributed by atoms with van der Waals surface area (Å²) in [7, 11) is 4.36. The van der Waals surface area contributed by atoms with E-state index in [9.17, 15) is 0 Å². The molecule has 0 saturated heterocycles. The van der Waals surface area contributed by atoms with E-state index in [0.717, 1.165) is 12.6 Å². The van der Waals surface area contributed by atoms with Crippen LogP contribution in [0.4, 0.5) is 0 Å². The molecule has 1 aliphatic carbocycles. The van der Waals surface area contributed by atoms with Crippen molar-refractivity contribution >= 4 is 11.3 Å². The Morgan fingerprint density at radius 1 is 1.28 bits per heavy atom. The Bertz CT molecular complexity index is 313. The third-order valence-corrected chi connectivity index (χ3v) is 4.92. The van der Waals surface area contributed by atoms with E-state index in [1.165, 1.54) is 43.4 Å². The monoisotopic (exact) mass is 266 g/mol. The van der Waals surface area contributed by atoms with Crippen molar-refractivity contribution in [1.29, 1.82) is 0 Å². The smallest absolute Gasteiger partial charge is 0.0561 e. The first-order chi connectivity index (χ1) is 8.77. The van der Waals surface area contributed by atoms with Crippen LogP contribution in [0.3, 0.4) is 0 Å². The highest BCUT2D eigenvalue weighted by Gasteiger charge is 2.18. The summed E-state index contributed by atoms with van der Waals surface area (Å²) in [6.07, 6.45) is 8.40. The van der Waals surface area contributed by atoms with Gasteiger partial charge in [-0.05, 0) is 38.4 Å². The molecule has 1 aromatic heterocycles. The molecule has 2 nitrogen and oxygen atoms in total. The molecule has 0 aromatic carbocycles. The Morgan fingerprint density at radius 2 is 2.00 bits per heavy atom. The lowest BCUT2D eigenvalue weighted by atomic mass is 10.1. The van der Waals surface area contributed by atoms with E-state index in [0.29, 0.717) is 6.04 Å². The lowest BCUT2D eigenvalue weighted by Gasteiger charge is -2.26. The van der Waals surface area contributed by atoms with E-state index >= 15 is 0 Å². The second-order valence-electron chi connectivity index (χ2n) is 5.59. The maximum atomic E-state index is 3.80. The number of hydrogen-bond acceptors (Lipinski definition) is 3. The van der Waals surface area contributed by atoms with Crippen LogP contribution in [0.5, 0.6) is 0 Å². The molecule has 0 spiro atoms. The molecule has 102 valence electrons. The van der Waals surface area contributed by atoms with Crippen molar-refractivity contribution in [2.75, 3.05) is 20.6 Å². The van der Waals surface area contributed by atoms with Gasteiger partial charge in [0.1, 0.15) is 0 Å². The van der Waals surface area contributed by atoms with Crippen LogP contribution >= 0.6 is 11.3 Å². The molecule has 0 aliphatic heterocycles. The normalized spacial score (nSPS) is 19.9. The molecule has 1 aromatic rings. The lowest BCUT2D eigenvalue weighted by Crippen LogP contribution is -2.36. The highest BCUT2D eigenvalue weighted by Crippen LogP contribution is 2.23. The minimum atomic E-state index is 0.522. The molecule has 0 amide bonds. The zero-order valence-corrected chi connectivity index (χ0v) is 12.5. The Hall–Kier alpha value is -0.380. The van der Waals surface area contributed by atoms with Crippen molar-refractivity contribution in [3.05, 3.63) is 22.4 Å². The van der Waals surface area contributed by atoms with Crippen molar-refractivity contribution in [1.82, 2.24) is 10.2 Å². The molecule has 1 aliphatic rings. The van der Waals surface area contributed by atoms with Crippen LogP contribution in [-0.2, 0) is 0 Å². The van der Waals surface area contributed by atoms with Gasteiger partial charge in [-0.2, -0.15) is 0 Å². The molecule has 3 heteroatoms. The molecule has 1 unspecified atom stereocenters. The highest BCUT2D eigenvalue weighted by atomic mass is 32.1. The lowest BCUT2D eigenvalue weighted by molar-refractivity contribution is 0.278. The van der Waals surface area contributed by atoms with Gasteiger partial charge in [-0.25, -0.2) is 0 Å². The minimum absolute atomic E-state index is 0.522. The van der Waals surface area contributed by atoms with Crippen LogP contribution in [0.2, 0.25) is 0 Å². The first-order valence-electron chi connectivity index (χ1n) is 7.20. The Morgan fingerprint density at radius 3 is 2.56 bits per heavy atom. The summed E-state index contributed by atoms with van der Waals surface area (Å²) >= 11 is 1.87. The number of thiophene rings is 1. The molecule has 2 rings (SSSR count). The van der Waals surface area contributed by atoms with Gasteiger partial charge in [-0.3, -0.25) is 0 Å². The van der Waals surface area contributed by atoms with Gasteiger partial charge in [0, 0.05) is 17.5 Å². The van der Waals surface area contributed by atoms with Crippen molar-refractivity contribution in [2.45, 2.75) is 50.6 Å². The average Bonchev–Trinajstić information content (AvgIpc) is 2.73. The number of likely N-dealkylation sites (N-methyl/N-ethyl adjacent to an activating group) is 1. The molecule has 1 atom stereocenters. The van der Waals surface area contributed by atoms with E-state index in [1.54, 1.807) is 0 Å². The van der Waals surface area contributed by atoms with Gasteiger partial charge < -0.3 is 10.2 Å². The number of rotatable bonds is 5. The van der Waals surface area contributed by atoms with Crippen LogP contribution in [0.1, 0.15) is 49.4 Å². The summed E-state index contributed by atoms with van der Waals surface area (Å²) in [5, 5.41) is 5.97. The number of nitrogens with one attached hydrogen (secondary N) is 1. The maximum Gasteiger partial charge on any atom is 0.0561 e. The molecule has 1 saturated carbocycles. The zero-order valence-electron chi connectivity index (χ0n) is 11.7. The summed E-state index contributed by atoms with van der Waals surface area (Å²) in [5.41, 5.74) is 0. The summed E-state index contributed by atoms with van der Waals surface area (Å²) in [4.78, 5) is 3.80. The molecule has 0 radical (unpaired) electrons. The van der Waals surface area contributed by atoms with E-state index in [2.05, 4.69) is 41.8 Å². The molecule has 18 heavy (non-hydrogen) atoms. The van der Waals surface area contributed by atoms with Crippen molar-refractivity contribution in [2.24, 2.45) is 0 Å². The average molecular weight is 266 g/mol. The van der Waals surface area contributed by atoms with Crippen molar-refractivity contribution in [3.63, 3.8) is 0 Å². The van der Waals surface area contributed by atoms with Gasteiger partial charge in [0.05, 0.1) is 6.04 Å². The van der Waals surface area contributed by atoms with E-state index in [4.69, 9.17) is 0 Å². The van der Waals surface area contributed by atoms with Gasteiger partial charge in [0.25, 0.3) is 0 Å². The van der Waals surface area contributed by atoms with Gasteiger partial charge in [-0.15, -0.1) is 11.3 Å². The fraction of sp³-hybridized carbons (Fsp3) is 0.733. The second kappa shape index (κ2) is 7.27. The fourth-order valence-corrected chi connectivity index (χ4v) is 3.70. The van der Waals surface area contributed by atoms with Gasteiger partial charge >= 0.3 is 0 Å². The Kier molecular flexibility index (Phi) is 5.67. The molecule has 1 fully saturated rings. The quantitative estimate of drug-likeness (QED) is 0.818. The second-order valence-corrected chi connectivity index (χ2v) is 6.57. The summed E-state index contributed by atoms with van der Waals surface area (Å²) < 4.78 is 0. The fourth-order valence-electron chi connectivity index (χ4n) is 2.78. The van der Waals surface area contributed by atoms with Crippen LogP contribution in [0.15, 0.2) is 17.5 Å². The third-order valence-electron chi connectivity index (χ3n) is 3.95. The standard InChI is InChI=1S/C15H26N2S/c1-17(2)14(15-10-7-11-18-15)12-16-13-8-5-3-4-6-9-13/h7,10-11,13-14,16H,3-6,8-9,12H2,1-2H3. The molecular formula is C15H26N2S. The number of nitrogens with zero attached hydrogens (tertiary/aromatic N) is 1. The van der Waals surface area contributed by atoms with Crippen LogP contribution < -0.4 is 5.32 Å². The van der Waals surface area contributed by atoms with E-state index < -0.39 is 0 Å². The first-order valence-corrected chi connectivity index (χ1v) is 8.08. The molecule has 1 N–H and O–H groups in total. The predicted molar refractivity (Wildman–Crippen MR) is 80.2 cm³/mol. The maximum absolute atomic E-state index is 3.80. The van der Waals surface area contributed by atoms with Crippen LogP contribution in [0, 0.1) is 0 Å². The van der Waals surface area contributed by atoms with Crippen molar-refractivity contribution in [3.8, 4) is 0 Å². The summed E-state index contributed by atoms with van der Waals surface area (Å²) in [6.45, 7) is 1.08. The first kappa shape index (κ1) is 14.0. The Balaban J connectivity index is 1.85. The SMILES string of the molecule is CN(C)C(CNC1CCCCCC1)c1cccs1. The minimum Gasteiger partial charge on any atom is -0.312 e. The summed E-state index contributed by atoms with van der Waals surface area (Å²) in [6, 6.07) is 5.68. The molecular weight excluding hydrogens is 240 g/mol. The number of hydrogen-bond donors (Lipinski definition) is 1. The topological polar surface area (TPSA) is 15.3 Å². The molecule has 1 heterocycles. The van der Waals surface area contributed by atoms with E-state index in [1.807, 2.05) is 11.3 Å². The van der Waals surface area contributed by atoms with Crippen LogP contribution in [0.25, 0.3) is 0 Å². The van der Waals surface area contributed by atoms with Crippen molar-refractivity contribution < 1.29 is 0 Å².